The molecule has 0 radical (unpaired) electrons. The van der Waals surface area contributed by atoms with Crippen molar-refractivity contribution in [2.24, 2.45) is 5.92 Å². The molecule has 2 amide bonds. The molecule has 7 heteroatoms. The summed E-state index contributed by atoms with van der Waals surface area (Å²) in [6.45, 7) is 2.09. The Bertz CT molecular complexity index is 910. The topological polar surface area (TPSA) is 67.9 Å². The molecule has 31 heavy (non-hydrogen) atoms. The van der Waals surface area contributed by atoms with Crippen LogP contribution >= 0.6 is 15.9 Å². The third-order valence-electron chi connectivity index (χ3n) is 5.73. The molecule has 166 valence electrons. The fourth-order valence-corrected chi connectivity index (χ4v) is 4.29. The van der Waals surface area contributed by atoms with E-state index >= 15 is 0 Å². The Kier molecular flexibility index (Phi) is 8.35. The zero-order chi connectivity index (χ0) is 22.2. The third-order valence-corrected chi connectivity index (χ3v) is 6.50. The van der Waals surface area contributed by atoms with Gasteiger partial charge >= 0.3 is 0 Å². The maximum absolute atomic E-state index is 12.6. The van der Waals surface area contributed by atoms with Crippen LogP contribution in [0.15, 0.2) is 46.9 Å². The lowest BCUT2D eigenvalue weighted by atomic mass is 9.96. The van der Waals surface area contributed by atoms with E-state index in [1.165, 1.54) is 0 Å². The van der Waals surface area contributed by atoms with E-state index in [4.69, 9.17) is 9.47 Å². The minimum Gasteiger partial charge on any atom is -0.493 e. The molecule has 0 spiro atoms. The fraction of sp³-hybridized carbons (Fsp3) is 0.417. The summed E-state index contributed by atoms with van der Waals surface area (Å²) in [6, 6.07) is 13.2. The molecule has 1 N–H and O–H groups in total. The van der Waals surface area contributed by atoms with Gasteiger partial charge in [-0.05, 0) is 55.0 Å². The van der Waals surface area contributed by atoms with Crippen molar-refractivity contribution in [3.8, 4) is 11.5 Å². The van der Waals surface area contributed by atoms with Crippen molar-refractivity contribution < 1.29 is 19.1 Å². The third kappa shape index (κ3) is 6.23. The van der Waals surface area contributed by atoms with E-state index in [0.717, 1.165) is 42.4 Å². The first-order valence-corrected chi connectivity index (χ1v) is 11.3. The lowest BCUT2D eigenvalue weighted by Gasteiger charge is -2.32. The first-order chi connectivity index (χ1) is 15.0. The second kappa shape index (κ2) is 11.2. The van der Waals surface area contributed by atoms with Gasteiger partial charge in [-0.25, -0.2) is 0 Å². The summed E-state index contributed by atoms with van der Waals surface area (Å²) in [5.41, 5.74) is 1.70. The summed E-state index contributed by atoms with van der Waals surface area (Å²) in [6.07, 6.45) is 3.05. The lowest BCUT2D eigenvalue weighted by Crippen LogP contribution is -2.41. The number of carbonyl (C=O) groups excluding carboxylic acids is 2. The van der Waals surface area contributed by atoms with Crippen LogP contribution in [0.2, 0.25) is 0 Å². The fourth-order valence-electron chi connectivity index (χ4n) is 3.80. The highest BCUT2D eigenvalue weighted by molar-refractivity contribution is 9.10. The molecule has 1 saturated heterocycles. The largest absolute Gasteiger partial charge is 0.493 e. The van der Waals surface area contributed by atoms with E-state index in [2.05, 4.69) is 21.2 Å². The lowest BCUT2D eigenvalue weighted by molar-refractivity contribution is -0.132. The predicted molar refractivity (Wildman–Crippen MR) is 124 cm³/mol. The van der Waals surface area contributed by atoms with Crippen molar-refractivity contribution in [2.45, 2.75) is 25.7 Å². The monoisotopic (exact) mass is 488 g/mol. The van der Waals surface area contributed by atoms with Gasteiger partial charge < -0.3 is 19.7 Å². The zero-order valence-corrected chi connectivity index (χ0v) is 19.6. The summed E-state index contributed by atoms with van der Waals surface area (Å²) in [4.78, 5) is 27.0. The molecular weight excluding hydrogens is 460 g/mol. The Balaban J connectivity index is 1.42. The molecule has 0 saturated carbocycles. The van der Waals surface area contributed by atoms with Crippen molar-refractivity contribution in [3.05, 3.63) is 58.1 Å². The van der Waals surface area contributed by atoms with E-state index in [1.54, 1.807) is 32.4 Å². The van der Waals surface area contributed by atoms with Gasteiger partial charge in [-0.15, -0.1) is 0 Å². The van der Waals surface area contributed by atoms with Gasteiger partial charge in [0.2, 0.25) is 5.91 Å². The molecule has 2 aromatic rings. The van der Waals surface area contributed by atoms with Crippen LogP contribution in [-0.4, -0.2) is 50.6 Å². The second-order valence-electron chi connectivity index (χ2n) is 7.70. The van der Waals surface area contributed by atoms with Crippen LogP contribution in [-0.2, 0) is 11.2 Å². The highest BCUT2D eigenvalue weighted by Gasteiger charge is 2.23. The van der Waals surface area contributed by atoms with Crippen molar-refractivity contribution >= 4 is 27.7 Å². The predicted octanol–water partition coefficient (Wildman–Crippen LogP) is 4.07. The van der Waals surface area contributed by atoms with Crippen molar-refractivity contribution in [3.63, 3.8) is 0 Å². The minimum atomic E-state index is -0.132. The average Bonchev–Trinajstić information content (AvgIpc) is 2.81. The van der Waals surface area contributed by atoms with Gasteiger partial charge in [-0.3, -0.25) is 9.59 Å². The number of piperidine rings is 1. The number of halogens is 1. The van der Waals surface area contributed by atoms with Crippen LogP contribution in [0.1, 0.15) is 35.2 Å². The minimum absolute atomic E-state index is 0.132. The normalized spacial score (nSPS) is 14.2. The van der Waals surface area contributed by atoms with Crippen LogP contribution in [0.25, 0.3) is 0 Å². The Labute approximate surface area is 192 Å². The van der Waals surface area contributed by atoms with E-state index < -0.39 is 0 Å². The maximum atomic E-state index is 12.6. The maximum Gasteiger partial charge on any atom is 0.251 e. The molecule has 3 rings (SSSR count). The number of amides is 2. The number of hydrogen-bond acceptors (Lipinski definition) is 4. The molecule has 1 aliphatic heterocycles. The molecule has 0 aliphatic carbocycles. The summed E-state index contributed by atoms with van der Waals surface area (Å²) in [5.74, 6) is 1.56. The number of likely N-dealkylation sites (tertiary alicyclic amines) is 1. The van der Waals surface area contributed by atoms with Crippen LogP contribution < -0.4 is 14.8 Å². The number of aryl methyl sites for hydroxylation is 1. The molecule has 0 atom stereocenters. The van der Waals surface area contributed by atoms with Gasteiger partial charge in [0.05, 0.1) is 14.2 Å². The molecule has 0 aromatic heterocycles. The van der Waals surface area contributed by atoms with Gasteiger partial charge in [0.1, 0.15) is 0 Å². The van der Waals surface area contributed by atoms with Crippen LogP contribution in [0.5, 0.6) is 11.5 Å². The van der Waals surface area contributed by atoms with Gasteiger partial charge in [0, 0.05) is 36.1 Å². The zero-order valence-electron chi connectivity index (χ0n) is 18.0. The first-order valence-electron chi connectivity index (χ1n) is 10.5. The number of hydrogen-bond donors (Lipinski definition) is 1. The Morgan fingerprint density at radius 3 is 2.45 bits per heavy atom. The first kappa shape index (κ1) is 23.1. The number of nitrogens with zero attached hydrogens (tertiary/aromatic N) is 1. The molecule has 2 aromatic carbocycles. The molecule has 0 bridgehead atoms. The Morgan fingerprint density at radius 2 is 1.77 bits per heavy atom. The summed E-state index contributed by atoms with van der Waals surface area (Å²) >= 11 is 3.54. The SMILES string of the molecule is COc1ccc(C(=O)NCC2CCN(C(=O)CCc3ccccc3Br)CC2)cc1OC. The highest BCUT2D eigenvalue weighted by Crippen LogP contribution is 2.27. The molecule has 0 unspecified atom stereocenters. The molecule has 1 fully saturated rings. The quantitative estimate of drug-likeness (QED) is 0.607. The standard InChI is InChI=1S/C24H29BrN2O4/c1-30-21-9-7-19(15-22(21)31-2)24(29)26-16-17-11-13-27(14-12-17)23(28)10-8-18-5-3-4-6-20(18)25/h3-7,9,15,17H,8,10-14,16H2,1-2H3,(H,26,29). The van der Waals surface area contributed by atoms with Gasteiger partial charge in [0.25, 0.3) is 5.91 Å². The Morgan fingerprint density at radius 1 is 1.06 bits per heavy atom. The Hall–Kier alpha value is -2.54. The van der Waals surface area contributed by atoms with Gasteiger partial charge in [-0.1, -0.05) is 34.1 Å². The van der Waals surface area contributed by atoms with E-state index in [0.29, 0.717) is 35.9 Å². The van der Waals surface area contributed by atoms with Crippen LogP contribution in [0, 0.1) is 5.92 Å². The number of rotatable bonds is 8. The number of ether oxygens (including phenoxy) is 2. The van der Waals surface area contributed by atoms with Gasteiger partial charge in [-0.2, -0.15) is 0 Å². The van der Waals surface area contributed by atoms with Crippen LogP contribution in [0.4, 0.5) is 0 Å². The molecule has 1 aliphatic rings. The number of nitrogens with one attached hydrogen (secondary N) is 1. The van der Waals surface area contributed by atoms with E-state index in [9.17, 15) is 9.59 Å². The number of benzene rings is 2. The van der Waals surface area contributed by atoms with E-state index in [-0.39, 0.29) is 11.8 Å². The van der Waals surface area contributed by atoms with Crippen molar-refractivity contribution in [2.75, 3.05) is 33.9 Å². The summed E-state index contributed by atoms with van der Waals surface area (Å²) in [5, 5.41) is 3.01. The van der Waals surface area contributed by atoms with Crippen molar-refractivity contribution in [1.82, 2.24) is 10.2 Å². The molecular formula is C24H29BrN2O4. The van der Waals surface area contributed by atoms with Crippen molar-refractivity contribution in [1.29, 1.82) is 0 Å². The smallest absolute Gasteiger partial charge is 0.251 e. The molecule has 1 heterocycles. The average molecular weight is 489 g/mol. The van der Waals surface area contributed by atoms with E-state index in [1.807, 2.05) is 29.2 Å². The summed E-state index contributed by atoms with van der Waals surface area (Å²) in [7, 11) is 3.11. The second-order valence-corrected chi connectivity index (χ2v) is 8.55. The van der Waals surface area contributed by atoms with Crippen LogP contribution in [0.3, 0.4) is 0 Å². The van der Waals surface area contributed by atoms with Gasteiger partial charge in [0.15, 0.2) is 11.5 Å². The summed E-state index contributed by atoms with van der Waals surface area (Å²) < 4.78 is 11.5. The highest BCUT2D eigenvalue weighted by atomic mass is 79.9. The molecule has 6 nitrogen and oxygen atoms in total. The number of carbonyl (C=O) groups is 2. The number of methoxy groups -OCH3 is 2.